The van der Waals surface area contributed by atoms with Crippen molar-refractivity contribution in [2.24, 2.45) is 0 Å². The summed E-state index contributed by atoms with van der Waals surface area (Å²) >= 11 is 1.59. The number of hydrogen-bond acceptors (Lipinski definition) is 5. The summed E-state index contributed by atoms with van der Waals surface area (Å²) in [5.41, 5.74) is 3.36. The smallest absolute Gasteiger partial charge is 0.282 e. The molecule has 4 nitrogen and oxygen atoms in total. The third-order valence-electron chi connectivity index (χ3n) is 6.38. The Bertz CT molecular complexity index is 846. The maximum Gasteiger partial charge on any atom is 0.282 e. The Labute approximate surface area is 201 Å². The van der Waals surface area contributed by atoms with Crippen molar-refractivity contribution in [2.45, 2.75) is 70.4 Å². The van der Waals surface area contributed by atoms with Crippen molar-refractivity contribution in [3.8, 4) is 0 Å². The van der Waals surface area contributed by atoms with Crippen molar-refractivity contribution in [2.75, 3.05) is 31.1 Å². The lowest BCUT2D eigenvalue weighted by Gasteiger charge is -2.38. The molecule has 1 aliphatic carbocycles. The molecule has 3 aliphatic rings. The minimum atomic E-state index is -2.51. The van der Waals surface area contributed by atoms with Gasteiger partial charge in [0.1, 0.15) is 0 Å². The highest BCUT2D eigenvalue weighted by Crippen LogP contribution is 2.37. The van der Waals surface area contributed by atoms with E-state index < -0.39 is 5.92 Å². The molecular formula is C26H38F2N4S. The van der Waals surface area contributed by atoms with Crippen molar-refractivity contribution in [3.63, 3.8) is 0 Å². The molecule has 0 aromatic carbocycles. The summed E-state index contributed by atoms with van der Waals surface area (Å²) < 4.78 is 25.6. The van der Waals surface area contributed by atoms with Crippen LogP contribution in [0, 0.1) is 0 Å². The zero-order valence-electron chi connectivity index (χ0n) is 19.9. The number of aromatic nitrogens is 1. The van der Waals surface area contributed by atoms with Crippen molar-refractivity contribution in [1.82, 2.24) is 15.2 Å². The summed E-state index contributed by atoms with van der Waals surface area (Å²) in [5, 5.41) is 4.30. The van der Waals surface area contributed by atoms with Gasteiger partial charge in [-0.2, -0.15) is 0 Å². The largest absolute Gasteiger partial charge is 0.386 e. The zero-order valence-corrected chi connectivity index (χ0v) is 20.7. The van der Waals surface area contributed by atoms with Crippen LogP contribution in [0.1, 0.15) is 56.0 Å². The number of likely N-dealkylation sites (N-methyl/N-ethyl adjacent to an activating group) is 1. The molecule has 0 atom stereocenters. The highest BCUT2D eigenvalue weighted by atomic mass is 32.1. The van der Waals surface area contributed by atoms with Crippen LogP contribution in [-0.2, 0) is 13.0 Å². The fraction of sp³-hybridized carbons (Fsp3) is 0.577. The summed E-state index contributed by atoms with van der Waals surface area (Å²) in [6.07, 6.45) is 14.2. The van der Waals surface area contributed by atoms with Gasteiger partial charge in [0.25, 0.3) is 5.92 Å². The van der Waals surface area contributed by atoms with Gasteiger partial charge in [0.05, 0.1) is 18.8 Å². The lowest BCUT2D eigenvalue weighted by atomic mass is 9.95. The van der Waals surface area contributed by atoms with Crippen LogP contribution in [0.4, 0.5) is 13.9 Å². The van der Waals surface area contributed by atoms with Crippen LogP contribution in [0.5, 0.6) is 0 Å². The van der Waals surface area contributed by atoms with E-state index in [0.717, 1.165) is 49.0 Å². The highest BCUT2D eigenvalue weighted by molar-refractivity contribution is 7.15. The predicted octanol–water partition coefficient (Wildman–Crippen LogP) is 6.09. The number of rotatable bonds is 8. The van der Waals surface area contributed by atoms with Gasteiger partial charge < -0.3 is 10.2 Å². The van der Waals surface area contributed by atoms with E-state index >= 15 is 0 Å². The van der Waals surface area contributed by atoms with Gasteiger partial charge in [0.15, 0.2) is 5.13 Å². The molecule has 0 bridgehead atoms. The van der Waals surface area contributed by atoms with E-state index in [0.29, 0.717) is 6.04 Å². The molecule has 2 fully saturated rings. The number of fused-ring (bicyclic) bond motifs is 1. The van der Waals surface area contributed by atoms with Gasteiger partial charge in [-0.3, -0.25) is 4.90 Å². The summed E-state index contributed by atoms with van der Waals surface area (Å²) in [5.74, 6) is -2.51. The van der Waals surface area contributed by atoms with E-state index in [9.17, 15) is 8.78 Å². The highest BCUT2D eigenvalue weighted by Gasteiger charge is 2.45. The maximum atomic E-state index is 12.8. The Morgan fingerprint density at radius 2 is 1.97 bits per heavy atom. The molecule has 1 aromatic rings. The van der Waals surface area contributed by atoms with Crippen molar-refractivity contribution in [3.05, 3.63) is 59.8 Å². The topological polar surface area (TPSA) is 31.4 Å². The summed E-state index contributed by atoms with van der Waals surface area (Å²) in [7, 11) is 0. The normalized spacial score (nSPS) is 20.7. The predicted molar refractivity (Wildman–Crippen MR) is 136 cm³/mol. The second-order valence-electron chi connectivity index (χ2n) is 9.14. The lowest BCUT2D eigenvalue weighted by Crippen LogP contribution is -2.56. The molecule has 7 heteroatoms. The molecule has 182 valence electrons. The van der Waals surface area contributed by atoms with Gasteiger partial charge >= 0.3 is 0 Å². The van der Waals surface area contributed by atoms with Crippen LogP contribution < -0.4 is 10.2 Å². The Kier molecular flexibility index (Phi) is 9.27. The van der Waals surface area contributed by atoms with E-state index in [1.165, 1.54) is 42.6 Å². The second-order valence-corrected chi connectivity index (χ2v) is 10.2. The Morgan fingerprint density at radius 3 is 2.58 bits per heavy atom. The molecule has 1 N–H and O–H groups in total. The molecule has 1 saturated carbocycles. The van der Waals surface area contributed by atoms with Gasteiger partial charge in [-0.05, 0) is 31.4 Å². The minimum Gasteiger partial charge on any atom is -0.386 e. The van der Waals surface area contributed by atoms with E-state index in [1.54, 1.807) is 22.3 Å². The van der Waals surface area contributed by atoms with Crippen LogP contribution >= 0.6 is 11.3 Å². The van der Waals surface area contributed by atoms with Crippen LogP contribution in [0.25, 0.3) is 0 Å². The zero-order chi connectivity index (χ0) is 23.8. The van der Waals surface area contributed by atoms with Crippen LogP contribution in [-0.4, -0.2) is 48.0 Å². The summed E-state index contributed by atoms with van der Waals surface area (Å²) in [4.78, 5) is 9.79. The number of alkyl halides is 2. The molecule has 33 heavy (non-hydrogen) atoms. The van der Waals surface area contributed by atoms with Crippen molar-refractivity contribution < 1.29 is 8.78 Å². The fourth-order valence-electron chi connectivity index (χ4n) is 4.48. The molecule has 1 saturated heterocycles. The number of halogens is 2. The monoisotopic (exact) mass is 476 g/mol. The second kappa shape index (κ2) is 11.9. The van der Waals surface area contributed by atoms with Gasteiger partial charge in [-0.25, -0.2) is 13.8 Å². The lowest BCUT2D eigenvalue weighted by molar-refractivity contribution is -0.0262. The van der Waals surface area contributed by atoms with E-state index in [1.807, 2.05) is 12.2 Å². The molecule has 0 radical (unpaired) electrons. The molecule has 3 heterocycles. The van der Waals surface area contributed by atoms with Crippen molar-refractivity contribution in [1.29, 1.82) is 0 Å². The van der Waals surface area contributed by atoms with Gasteiger partial charge in [-0.15, -0.1) is 11.3 Å². The minimum absolute atomic E-state index is 0.170. The van der Waals surface area contributed by atoms with E-state index in [2.05, 4.69) is 41.9 Å². The Balaban J connectivity index is 0.000000186. The standard InChI is InChI=1S/C15H23N.C11H15F2N3S/c1-4-9-14(5-2)12-13(3)16-15-10-7-6-8-11-15;1-2-15-4-3-9-8(5-15)14-10(17-9)16-6-11(12,13)7-16/h4-5,9,15-16H,1-3,6-8,10-12H2;2-7H2,1H3/b14-9+;. The first-order valence-electron chi connectivity index (χ1n) is 12.1. The first kappa shape index (κ1) is 25.6. The molecule has 0 unspecified atom stereocenters. The number of nitrogens with zero attached hydrogens (tertiary/aromatic N) is 3. The quantitative estimate of drug-likeness (QED) is 0.460. The number of anilines is 1. The number of nitrogens with one attached hydrogen (secondary N) is 1. The average Bonchev–Trinajstić information content (AvgIpc) is 3.21. The Morgan fingerprint density at radius 1 is 1.24 bits per heavy atom. The number of allylic oxidation sites excluding steroid dienone is 4. The average molecular weight is 477 g/mol. The number of hydrogen-bond donors (Lipinski definition) is 1. The molecule has 2 aliphatic heterocycles. The van der Waals surface area contributed by atoms with Gasteiger partial charge in [0.2, 0.25) is 0 Å². The molecular weight excluding hydrogens is 438 g/mol. The first-order chi connectivity index (χ1) is 15.8. The van der Waals surface area contributed by atoms with Crippen LogP contribution in [0.3, 0.4) is 0 Å². The molecule has 1 aromatic heterocycles. The molecule has 0 amide bonds. The molecule has 0 spiro atoms. The summed E-state index contributed by atoms with van der Waals surface area (Å²) in [6, 6.07) is 0.635. The van der Waals surface area contributed by atoms with Crippen LogP contribution in [0.2, 0.25) is 0 Å². The first-order valence-corrected chi connectivity index (χ1v) is 12.9. The Hall–Kier alpha value is -1.99. The SMILES string of the molecule is C=C/C=C(\C=C)CC(=C)NC1CCCCC1.CCN1CCc2sc(N3CC(F)(F)C3)nc2C1. The third kappa shape index (κ3) is 7.51. The fourth-order valence-corrected chi connectivity index (χ4v) is 5.53. The molecule has 4 rings (SSSR count). The number of thiazole rings is 1. The van der Waals surface area contributed by atoms with Crippen LogP contribution in [0.15, 0.2) is 49.2 Å². The van der Waals surface area contributed by atoms with E-state index in [-0.39, 0.29) is 13.1 Å². The summed E-state index contributed by atoms with van der Waals surface area (Å²) in [6.45, 7) is 16.3. The van der Waals surface area contributed by atoms with Gasteiger partial charge in [-0.1, -0.05) is 64.2 Å². The third-order valence-corrected chi connectivity index (χ3v) is 7.60. The van der Waals surface area contributed by atoms with Gasteiger partial charge in [0, 0.05) is 36.1 Å². The maximum absolute atomic E-state index is 12.8. The van der Waals surface area contributed by atoms with Crippen molar-refractivity contribution >= 4 is 16.5 Å². The van der Waals surface area contributed by atoms with E-state index in [4.69, 9.17) is 0 Å².